The molecule has 0 unspecified atom stereocenters. The van der Waals surface area contributed by atoms with Crippen molar-refractivity contribution in [3.63, 3.8) is 0 Å². The average molecular weight is 457 g/mol. The molecule has 2 amide bonds. The van der Waals surface area contributed by atoms with E-state index in [0.717, 1.165) is 37.1 Å². The van der Waals surface area contributed by atoms with Crippen molar-refractivity contribution < 1.29 is 9.59 Å². The number of rotatable bonds is 7. The van der Waals surface area contributed by atoms with Crippen molar-refractivity contribution in [2.75, 3.05) is 44.2 Å². The topological polar surface area (TPSA) is 77.5 Å². The van der Waals surface area contributed by atoms with Gasteiger partial charge < -0.3 is 9.88 Å². The van der Waals surface area contributed by atoms with Crippen LogP contribution in [-0.2, 0) is 11.3 Å². The Morgan fingerprint density at radius 3 is 2.53 bits per heavy atom. The highest BCUT2D eigenvalue weighted by molar-refractivity contribution is 6.10. The van der Waals surface area contributed by atoms with Crippen LogP contribution < -0.4 is 4.90 Å². The van der Waals surface area contributed by atoms with E-state index in [0.29, 0.717) is 24.3 Å². The summed E-state index contributed by atoms with van der Waals surface area (Å²) in [6.07, 6.45) is 5.60. The Morgan fingerprint density at radius 2 is 1.76 bits per heavy atom. The molecule has 1 aliphatic rings. The summed E-state index contributed by atoms with van der Waals surface area (Å²) in [5.41, 5.74) is 2.16. The van der Waals surface area contributed by atoms with Crippen molar-refractivity contribution in [1.29, 1.82) is 0 Å². The largest absolute Gasteiger partial charge is 0.361 e. The highest BCUT2D eigenvalue weighted by Crippen LogP contribution is 2.20. The molecule has 1 N–H and O–H groups in total. The van der Waals surface area contributed by atoms with Gasteiger partial charge in [0.05, 0.1) is 6.54 Å². The zero-order chi connectivity index (χ0) is 23.3. The lowest BCUT2D eigenvalue weighted by molar-refractivity contribution is -0.131. The van der Waals surface area contributed by atoms with Gasteiger partial charge in [-0.2, -0.15) is 5.10 Å². The number of aromatic nitrogens is 3. The Bertz CT molecular complexity index is 1240. The van der Waals surface area contributed by atoms with Crippen LogP contribution in [0.25, 0.3) is 10.9 Å². The van der Waals surface area contributed by atoms with Gasteiger partial charge in [0.2, 0.25) is 5.91 Å². The maximum absolute atomic E-state index is 13.5. The normalized spacial score (nSPS) is 14.4. The van der Waals surface area contributed by atoms with Crippen LogP contribution in [-0.4, -0.2) is 75.6 Å². The van der Waals surface area contributed by atoms with Crippen molar-refractivity contribution in [3.8, 4) is 0 Å². The van der Waals surface area contributed by atoms with E-state index < -0.39 is 0 Å². The molecular weight excluding hydrogens is 428 g/mol. The fourth-order valence-corrected chi connectivity index (χ4v) is 4.36. The maximum atomic E-state index is 13.5. The van der Waals surface area contributed by atoms with Crippen LogP contribution in [0.1, 0.15) is 10.4 Å². The summed E-state index contributed by atoms with van der Waals surface area (Å²) >= 11 is 0. The number of carbonyl (C=O) groups excluding carboxylic acids is 2. The number of para-hydroxylation sites is 1. The van der Waals surface area contributed by atoms with E-state index in [2.05, 4.69) is 15.0 Å². The molecule has 0 radical (unpaired) electrons. The Balaban J connectivity index is 1.25. The van der Waals surface area contributed by atoms with Gasteiger partial charge in [-0.25, -0.2) is 0 Å². The van der Waals surface area contributed by atoms with Crippen molar-refractivity contribution in [1.82, 2.24) is 24.6 Å². The molecule has 8 heteroatoms. The molecule has 0 saturated carbocycles. The Hall–Kier alpha value is -3.91. The van der Waals surface area contributed by atoms with Gasteiger partial charge in [-0.3, -0.25) is 24.1 Å². The molecule has 5 rings (SSSR count). The lowest BCUT2D eigenvalue weighted by atomic mass is 10.1. The number of hydrogen-bond donors (Lipinski definition) is 1. The highest BCUT2D eigenvalue weighted by Gasteiger charge is 2.26. The van der Waals surface area contributed by atoms with Crippen molar-refractivity contribution in [3.05, 3.63) is 84.8 Å². The zero-order valence-electron chi connectivity index (χ0n) is 19.0. The first-order chi connectivity index (χ1) is 16.7. The van der Waals surface area contributed by atoms with E-state index in [4.69, 9.17) is 0 Å². The van der Waals surface area contributed by atoms with Crippen LogP contribution >= 0.6 is 0 Å². The fourth-order valence-electron chi connectivity index (χ4n) is 4.36. The maximum Gasteiger partial charge on any atom is 0.258 e. The number of aromatic amines is 1. The van der Waals surface area contributed by atoms with Crippen molar-refractivity contribution in [2.45, 2.75) is 6.54 Å². The number of hydrogen-bond acceptors (Lipinski definition) is 4. The first kappa shape index (κ1) is 21.9. The van der Waals surface area contributed by atoms with Gasteiger partial charge in [0, 0.05) is 68.1 Å². The lowest BCUT2D eigenvalue weighted by Crippen LogP contribution is -2.52. The van der Waals surface area contributed by atoms with E-state index in [1.54, 1.807) is 11.1 Å². The Kier molecular flexibility index (Phi) is 6.40. The van der Waals surface area contributed by atoms with E-state index >= 15 is 0 Å². The highest BCUT2D eigenvalue weighted by atomic mass is 16.2. The van der Waals surface area contributed by atoms with Crippen LogP contribution in [0.4, 0.5) is 5.69 Å². The van der Waals surface area contributed by atoms with E-state index in [-0.39, 0.29) is 18.4 Å². The number of benzene rings is 2. The molecule has 174 valence electrons. The Morgan fingerprint density at radius 1 is 0.941 bits per heavy atom. The Labute approximate surface area is 198 Å². The quantitative estimate of drug-likeness (QED) is 0.464. The summed E-state index contributed by atoms with van der Waals surface area (Å²) in [4.78, 5) is 35.7. The van der Waals surface area contributed by atoms with Gasteiger partial charge >= 0.3 is 0 Å². The van der Waals surface area contributed by atoms with Gasteiger partial charge in [0.25, 0.3) is 5.91 Å². The van der Waals surface area contributed by atoms with Crippen LogP contribution in [0, 0.1) is 0 Å². The van der Waals surface area contributed by atoms with Crippen LogP contribution in [0.3, 0.4) is 0 Å². The second kappa shape index (κ2) is 9.93. The standard InChI is InChI=1S/C26H28N6O2/c33-25(30-16-13-29(14-17-30)15-18-31-12-4-10-28-31)20-32(23-5-2-1-3-6-23)26(34)22-8-7-21-9-11-27-24(21)19-22/h1-12,19,27H,13-18,20H2. The lowest BCUT2D eigenvalue weighted by Gasteiger charge is -2.35. The molecule has 3 heterocycles. The first-order valence-electron chi connectivity index (χ1n) is 11.6. The van der Waals surface area contributed by atoms with Crippen molar-refractivity contribution in [2.24, 2.45) is 0 Å². The molecule has 8 nitrogen and oxygen atoms in total. The van der Waals surface area contributed by atoms with Crippen LogP contribution in [0.5, 0.6) is 0 Å². The minimum atomic E-state index is -0.186. The molecule has 2 aromatic heterocycles. The molecular formula is C26H28N6O2. The monoisotopic (exact) mass is 456 g/mol. The van der Waals surface area contributed by atoms with Crippen LogP contribution in [0.15, 0.2) is 79.3 Å². The first-order valence-corrected chi connectivity index (χ1v) is 11.6. The van der Waals surface area contributed by atoms with Gasteiger partial charge in [0.15, 0.2) is 0 Å². The molecule has 0 aliphatic carbocycles. The molecule has 4 aromatic rings. The minimum Gasteiger partial charge on any atom is -0.361 e. The molecule has 2 aromatic carbocycles. The number of nitrogens with one attached hydrogen (secondary N) is 1. The van der Waals surface area contributed by atoms with Crippen LogP contribution in [0.2, 0.25) is 0 Å². The minimum absolute atomic E-state index is 0.0128. The summed E-state index contributed by atoms with van der Waals surface area (Å²) < 4.78 is 1.92. The van der Waals surface area contributed by atoms with Crippen molar-refractivity contribution >= 4 is 28.4 Å². The molecule has 34 heavy (non-hydrogen) atoms. The van der Waals surface area contributed by atoms with Gasteiger partial charge in [0.1, 0.15) is 6.54 Å². The predicted molar refractivity (Wildman–Crippen MR) is 132 cm³/mol. The van der Waals surface area contributed by atoms with E-state index in [1.807, 2.05) is 82.6 Å². The number of nitrogens with zero attached hydrogens (tertiary/aromatic N) is 5. The van der Waals surface area contributed by atoms with Gasteiger partial charge in [-0.05, 0) is 41.8 Å². The predicted octanol–water partition coefficient (Wildman–Crippen LogP) is 2.86. The molecule has 0 atom stereocenters. The second-order valence-electron chi connectivity index (χ2n) is 8.50. The van der Waals surface area contributed by atoms with Gasteiger partial charge in [-0.1, -0.05) is 24.3 Å². The molecule has 0 bridgehead atoms. The van der Waals surface area contributed by atoms with Gasteiger partial charge in [-0.15, -0.1) is 0 Å². The smallest absolute Gasteiger partial charge is 0.258 e. The average Bonchev–Trinajstić information content (AvgIpc) is 3.58. The van der Waals surface area contributed by atoms with E-state index in [1.165, 1.54) is 0 Å². The molecule has 1 fully saturated rings. The third kappa shape index (κ3) is 4.87. The third-order valence-corrected chi connectivity index (χ3v) is 6.34. The number of amides is 2. The van der Waals surface area contributed by atoms with E-state index in [9.17, 15) is 9.59 Å². The number of carbonyl (C=O) groups is 2. The second-order valence-corrected chi connectivity index (χ2v) is 8.50. The summed E-state index contributed by atoms with van der Waals surface area (Å²) in [5.74, 6) is -0.223. The number of anilines is 1. The summed E-state index contributed by atoms with van der Waals surface area (Å²) in [5, 5.41) is 5.29. The summed E-state index contributed by atoms with van der Waals surface area (Å²) in [7, 11) is 0. The SMILES string of the molecule is O=C(CN(C(=O)c1ccc2cc[nH]c2c1)c1ccccc1)N1CCN(CCn2cccn2)CC1. The zero-order valence-corrected chi connectivity index (χ0v) is 19.0. The summed E-state index contributed by atoms with van der Waals surface area (Å²) in [6.45, 7) is 4.69. The molecule has 0 spiro atoms. The fraction of sp³-hybridized carbons (Fsp3) is 0.269. The summed E-state index contributed by atoms with van der Waals surface area (Å²) in [6, 6.07) is 18.9. The number of fused-ring (bicyclic) bond motifs is 1. The molecule has 1 aliphatic heterocycles. The number of H-pyrrole nitrogens is 1. The third-order valence-electron chi connectivity index (χ3n) is 6.34. The molecule has 1 saturated heterocycles. The number of piperazine rings is 1.